The molecular weight excluding hydrogens is 288 g/mol. The highest BCUT2D eigenvalue weighted by molar-refractivity contribution is 5.94. The van der Waals surface area contributed by atoms with Crippen molar-refractivity contribution in [1.82, 2.24) is 19.9 Å². The van der Waals surface area contributed by atoms with Crippen LogP contribution in [0.2, 0.25) is 0 Å². The lowest BCUT2D eigenvalue weighted by molar-refractivity contribution is 0.0951. The van der Waals surface area contributed by atoms with Crippen LogP contribution in [0.15, 0.2) is 42.7 Å². The minimum atomic E-state index is -0.111. The van der Waals surface area contributed by atoms with Gasteiger partial charge in [0.25, 0.3) is 5.91 Å². The first-order chi connectivity index (χ1) is 11.1. The van der Waals surface area contributed by atoms with Crippen molar-refractivity contribution in [3.63, 3.8) is 0 Å². The van der Waals surface area contributed by atoms with Gasteiger partial charge in [-0.3, -0.25) is 4.79 Å². The van der Waals surface area contributed by atoms with Gasteiger partial charge in [0.15, 0.2) is 0 Å². The number of nitrogens with zero attached hydrogens (tertiary/aromatic N) is 3. The van der Waals surface area contributed by atoms with Crippen LogP contribution in [0.3, 0.4) is 0 Å². The van der Waals surface area contributed by atoms with Crippen LogP contribution < -0.4 is 5.32 Å². The summed E-state index contributed by atoms with van der Waals surface area (Å²) in [4.78, 5) is 20.5. The van der Waals surface area contributed by atoms with Crippen LogP contribution in [0.1, 0.15) is 28.3 Å². The van der Waals surface area contributed by atoms with E-state index in [-0.39, 0.29) is 5.91 Å². The van der Waals surface area contributed by atoms with E-state index >= 15 is 0 Å². The zero-order valence-corrected chi connectivity index (χ0v) is 13.4. The van der Waals surface area contributed by atoms with E-state index < -0.39 is 0 Å². The minimum absolute atomic E-state index is 0.111. The van der Waals surface area contributed by atoms with Gasteiger partial charge >= 0.3 is 0 Å². The van der Waals surface area contributed by atoms with E-state index in [1.165, 1.54) is 10.9 Å². The van der Waals surface area contributed by atoms with Crippen LogP contribution in [0.25, 0.3) is 10.9 Å². The Labute approximate surface area is 135 Å². The van der Waals surface area contributed by atoms with Crippen molar-refractivity contribution in [3.05, 3.63) is 59.8 Å². The molecule has 0 aliphatic rings. The lowest BCUT2D eigenvalue weighted by Crippen LogP contribution is -2.26. The van der Waals surface area contributed by atoms with Crippen molar-refractivity contribution >= 4 is 16.8 Å². The van der Waals surface area contributed by atoms with Gasteiger partial charge in [-0.2, -0.15) is 0 Å². The molecule has 1 aromatic carbocycles. The van der Waals surface area contributed by atoms with Crippen LogP contribution in [-0.4, -0.2) is 27.0 Å². The maximum Gasteiger partial charge on any atom is 0.254 e. The van der Waals surface area contributed by atoms with Crippen LogP contribution in [0, 0.1) is 13.8 Å². The first kappa shape index (κ1) is 15.2. The number of aromatic nitrogens is 3. The molecule has 5 heteroatoms. The lowest BCUT2D eigenvalue weighted by atomic mass is 10.2. The number of hydrogen-bond acceptors (Lipinski definition) is 3. The van der Waals surface area contributed by atoms with Crippen molar-refractivity contribution in [2.24, 2.45) is 0 Å². The molecule has 0 unspecified atom stereocenters. The highest BCUT2D eigenvalue weighted by Gasteiger charge is 2.10. The summed E-state index contributed by atoms with van der Waals surface area (Å²) in [6.07, 6.45) is 4.55. The molecule has 0 spiro atoms. The number of hydrogen-bond donors (Lipinski definition) is 1. The third-order valence-electron chi connectivity index (χ3n) is 3.89. The van der Waals surface area contributed by atoms with Gasteiger partial charge in [0.05, 0.1) is 11.3 Å². The summed E-state index contributed by atoms with van der Waals surface area (Å²) in [6.45, 7) is 5.14. The number of nitrogens with one attached hydrogen (secondary N) is 1. The largest absolute Gasteiger partial charge is 0.352 e. The fraction of sp³-hybridized carbons (Fsp3) is 0.278. The molecule has 0 saturated carbocycles. The summed E-state index contributed by atoms with van der Waals surface area (Å²) in [5.74, 6) is 0.568. The molecule has 3 rings (SSSR count). The average molecular weight is 308 g/mol. The van der Waals surface area contributed by atoms with Crippen LogP contribution in [0.4, 0.5) is 0 Å². The number of carbonyl (C=O) groups excluding carboxylic acids is 1. The summed E-state index contributed by atoms with van der Waals surface area (Å²) in [6, 6.07) is 10.4. The molecule has 0 bridgehead atoms. The van der Waals surface area contributed by atoms with Gasteiger partial charge in [-0.15, -0.1) is 0 Å². The van der Waals surface area contributed by atoms with Crippen LogP contribution in [-0.2, 0) is 6.54 Å². The third kappa shape index (κ3) is 3.39. The second-order valence-electron chi connectivity index (χ2n) is 5.59. The topological polar surface area (TPSA) is 59.8 Å². The summed E-state index contributed by atoms with van der Waals surface area (Å²) >= 11 is 0. The molecule has 2 aromatic heterocycles. The zero-order valence-electron chi connectivity index (χ0n) is 13.4. The average Bonchev–Trinajstić information content (AvgIpc) is 2.94. The molecule has 0 atom stereocenters. The Morgan fingerprint density at radius 2 is 2.04 bits per heavy atom. The summed E-state index contributed by atoms with van der Waals surface area (Å²) in [7, 11) is 0. The molecular formula is C18H20N4O. The summed E-state index contributed by atoms with van der Waals surface area (Å²) in [5, 5.41) is 4.18. The second kappa shape index (κ2) is 6.60. The minimum Gasteiger partial charge on any atom is -0.352 e. The Hall–Kier alpha value is -2.69. The summed E-state index contributed by atoms with van der Waals surface area (Å²) < 4.78 is 2.21. The molecule has 0 aliphatic carbocycles. The maximum absolute atomic E-state index is 12.2. The van der Waals surface area contributed by atoms with Gasteiger partial charge in [-0.1, -0.05) is 18.2 Å². The van der Waals surface area contributed by atoms with Crippen LogP contribution >= 0.6 is 0 Å². The Kier molecular flexibility index (Phi) is 4.37. The fourth-order valence-electron chi connectivity index (χ4n) is 2.69. The number of carbonyl (C=O) groups is 1. The maximum atomic E-state index is 12.2. The molecule has 0 saturated heterocycles. The molecule has 0 aliphatic heterocycles. The quantitative estimate of drug-likeness (QED) is 0.737. The van der Waals surface area contributed by atoms with Gasteiger partial charge in [-0.25, -0.2) is 9.97 Å². The standard InChI is InChI=1S/C18H20N4O/c1-13-16(12-20-14(2)21-13)18(23)19-9-5-10-22-11-8-15-6-3-4-7-17(15)22/h3-4,6-8,11-12H,5,9-10H2,1-2H3,(H,19,23). The predicted molar refractivity (Wildman–Crippen MR) is 90.4 cm³/mol. The van der Waals surface area contributed by atoms with E-state index in [1.54, 1.807) is 6.20 Å². The number of aryl methyl sites for hydroxylation is 3. The second-order valence-corrected chi connectivity index (χ2v) is 5.59. The van der Waals surface area contributed by atoms with Gasteiger partial charge in [-0.05, 0) is 37.8 Å². The molecule has 23 heavy (non-hydrogen) atoms. The molecule has 5 nitrogen and oxygen atoms in total. The molecule has 0 fully saturated rings. The normalized spacial score (nSPS) is 10.9. The Morgan fingerprint density at radius 1 is 1.22 bits per heavy atom. The molecule has 118 valence electrons. The Balaban J connectivity index is 1.54. The fourth-order valence-corrected chi connectivity index (χ4v) is 2.69. The highest BCUT2D eigenvalue weighted by Crippen LogP contribution is 2.15. The molecule has 2 heterocycles. The van der Waals surface area contributed by atoms with E-state index in [0.717, 1.165) is 13.0 Å². The third-order valence-corrected chi connectivity index (χ3v) is 3.89. The number of rotatable bonds is 5. The number of fused-ring (bicyclic) bond motifs is 1. The molecule has 1 amide bonds. The van der Waals surface area contributed by atoms with Gasteiger partial charge < -0.3 is 9.88 Å². The Morgan fingerprint density at radius 3 is 2.87 bits per heavy atom. The molecule has 0 radical (unpaired) electrons. The summed E-state index contributed by atoms with van der Waals surface area (Å²) in [5.41, 5.74) is 2.48. The zero-order chi connectivity index (χ0) is 16.2. The van der Waals surface area contributed by atoms with Crippen LogP contribution in [0.5, 0.6) is 0 Å². The van der Waals surface area contributed by atoms with Crippen molar-refractivity contribution in [3.8, 4) is 0 Å². The van der Waals surface area contributed by atoms with E-state index in [4.69, 9.17) is 0 Å². The lowest BCUT2D eigenvalue weighted by Gasteiger charge is -2.08. The Bertz CT molecular complexity index is 838. The molecule has 3 aromatic rings. The molecule has 1 N–H and O–H groups in total. The SMILES string of the molecule is Cc1ncc(C(=O)NCCCn2ccc3ccccc32)c(C)n1. The highest BCUT2D eigenvalue weighted by atomic mass is 16.1. The number of para-hydroxylation sites is 1. The number of benzene rings is 1. The smallest absolute Gasteiger partial charge is 0.254 e. The van der Waals surface area contributed by atoms with E-state index in [1.807, 2.05) is 26.0 Å². The monoisotopic (exact) mass is 308 g/mol. The van der Waals surface area contributed by atoms with Gasteiger partial charge in [0.2, 0.25) is 0 Å². The van der Waals surface area contributed by atoms with Crippen molar-refractivity contribution in [1.29, 1.82) is 0 Å². The van der Waals surface area contributed by atoms with Gasteiger partial charge in [0, 0.05) is 31.0 Å². The van der Waals surface area contributed by atoms with E-state index in [0.29, 0.717) is 23.6 Å². The van der Waals surface area contributed by atoms with E-state index in [2.05, 4.69) is 44.2 Å². The number of amides is 1. The van der Waals surface area contributed by atoms with Gasteiger partial charge in [0.1, 0.15) is 5.82 Å². The first-order valence-corrected chi connectivity index (χ1v) is 7.77. The van der Waals surface area contributed by atoms with E-state index in [9.17, 15) is 4.79 Å². The predicted octanol–water partition coefficient (Wildman–Crippen LogP) is 2.87. The van der Waals surface area contributed by atoms with Crippen molar-refractivity contribution in [2.45, 2.75) is 26.8 Å². The first-order valence-electron chi connectivity index (χ1n) is 7.77. The van der Waals surface area contributed by atoms with Crippen molar-refractivity contribution < 1.29 is 4.79 Å². The van der Waals surface area contributed by atoms with Crippen molar-refractivity contribution in [2.75, 3.05) is 6.54 Å².